The Hall–Kier alpha value is -7.61. The lowest BCUT2D eigenvalue weighted by atomic mass is 9.82. The molecule has 1 aromatic heterocycles. The van der Waals surface area contributed by atoms with Crippen molar-refractivity contribution in [1.29, 1.82) is 0 Å². The van der Waals surface area contributed by atoms with E-state index in [-0.39, 0.29) is 90.3 Å². The molecular formula is C105H158F3N3O7. The number of aromatic amines is 1. The number of nitrogens with one attached hydrogen (secondary N) is 3. The molecule has 10 nitrogen and oxygen atoms in total. The lowest BCUT2D eigenvalue weighted by molar-refractivity contribution is -0.137. The number of halogens is 3. The summed E-state index contributed by atoms with van der Waals surface area (Å²) >= 11 is 0. The van der Waals surface area contributed by atoms with Gasteiger partial charge in [0.1, 0.15) is 35.5 Å². The Morgan fingerprint density at radius 3 is 1.26 bits per heavy atom. The molecule has 1 aliphatic carbocycles. The van der Waals surface area contributed by atoms with Crippen LogP contribution in [0.4, 0.5) is 13.2 Å². The van der Waals surface area contributed by atoms with Gasteiger partial charge in [0.25, 0.3) is 0 Å². The highest BCUT2D eigenvalue weighted by Crippen LogP contribution is 2.34. The number of hydrogen-bond acceptors (Lipinski definition) is 9. The molecule has 0 spiro atoms. The number of aromatic nitrogens is 1. The van der Waals surface area contributed by atoms with Gasteiger partial charge in [-0.2, -0.15) is 13.2 Å². The van der Waals surface area contributed by atoms with Crippen molar-refractivity contribution in [2.24, 2.45) is 88.8 Å². The zero-order chi connectivity index (χ0) is 87.8. The van der Waals surface area contributed by atoms with E-state index >= 15 is 0 Å². The van der Waals surface area contributed by atoms with E-state index in [0.29, 0.717) is 83.9 Å². The summed E-state index contributed by atoms with van der Waals surface area (Å²) in [6.07, 6.45) is 14.5. The lowest BCUT2D eigenvalue weighted by Gasteiger charge is -2.28. The van der Waals surface area contributed by atoms with Crippen molar-refractivity contribution in [3.8, 4) is 5.75 Å². The first-order chi connectivity index (χ1) is 55.0. The zero-order valence-electron chi connectivity index (χ0n) is 76.5. The van der Waals surface area contributed by atoms with Crippen molar-refractivity contribution in [3.63, 3.8) is 0 Å². The van der Waals surface area contributed by atoms with Crippen LogP contribution in [0.5, 0.6) is 5.75 Å². The van der Waals surface area contributed by atoms with E-state index in [1.165, 1.54) is 76.6 Å². The van der Waals surface area contributed by atoms with Crippen molar-refractivity contribution in [2.75, 3.05) is 6.61 Å². The van der Waals surface area contributed by atoms with Crippen LogP contribution in [0.15, 0.2) is 164 Å². The molecule has 6 atom stereocenters. The van der Waals surface area contributed by atoms with Crippen LogP contribution in [-0.2, 0) is 67.0 Å². The number of H-pyrrole nitrogens is 1. The molecule has 0 amide bonds. The molecule has 0 saturated heterocycles. The van der Waals surface area contributed by atoms with Crippen molar-refractivity contribution < 1.29 is 46.7 Å². The van der Waals surface area contributed by atoms with E-state index in [9.17, 15) is 41.9 Å². The number of alkyl halides is 3. The first-order valence-electron chi connectivity index (χ1n) is 44.3. The topological polar surface area (TPSA) is 152 Å². The molecule has 6 aromatic carbocycles. The van der Waals surface area contributed by atoms with Crippen molar-refractivity contribution in [1.82, 2.24) is 15.6 Å². The van der Waals surface area contributed by atoms with E-state index in [1.807, 2.05) is 133 Å². The van der Waals surface area contributed by atoms with Gasteiger partial charge in [-0.05, 0) is 157 Å². The van der Waals surface area contributed by atoms with Crippen molar-refractivity contribution in [2.45, 2.75) is 300 Å². The number of para-hydroxylation sites is 1. The zero-order valence-corrected chi connectivity index (χ0v) is 76.5. The number of fused-ring (bicyclic) bond motifs is 2. The second-order valence-electron chi connectivity index (χ2n) is 37.1. The molecule has 0 radical (unpaired) electrons. The maximum Gasteiger partial charge on any atom is 0.416 e. The maximum atomic E-state index is 12.7. The Labute approximate surface area is 713 Å². The molecule has 1 fully saturated rings. The van der Waals surface area contributed by atoms with E-state index in [2.05, 4.69) is 183 Å². The van der Waals surface area contributed by atoms with E-state index < -0.39 is 11.7 Å². The minimum Gasteiger partial charge on any atom is -0.490 e. The molecule has 13 heteroatoms. The van der Waals surface area contributed by atoms with Crippen LogP contribution in [0.3, 0.4) is 0 Å². The van der Waals surface area contributed by atoms with Crippen LogP contribution in [0.25, 0.3) is 21.7 Å². The number of carbonyl (C=O) groups is 6. The minimum absolute atomic E-state index is 0. The molecule has 0 aliphatic heterocycles. The first kappa shape index (κ1) is 106. The van der Waals surface area contributed by atoms with Gasteiger partial charge >= 0.3 is 6.18 Å². The quantitative estimate of drug-likeness (QED) is 0.0320. The van der Waals surface area contributed by atoms with Crippen LogP contribution in [0.2, 0.25) is 0 Å². The molecule has 1 saturated carbocycles. The summed E-state index contributed by atoms with van der Waals surface area (Å²) in [6, 6.07) is 47.3. The van der Waals surface area contributed by atoms with Crippen molar-refractivity contribution >= 4 is 56.4 Å². The first-order valence-corrected chi connectivity index (χ1v) is 44.3. The Morgan fingerprint density at radius 2 is 0.814 bits per heavy atom. The number of rotatable bonds is 39. The third-order valence-electron chi connectivity index (χ3n) is 21.4. The van der Waals surface area contributed by atoms with Crippen LogP contribution >= 0.6 is 0 Å². The average Bonchev–Trinajstić information content (AvgIpc) is 1.53. The highest BCUT2D eigenvalue weighted by atomic mass is 19.4. The summed E-state index contributed by atoms with van der Waals surface area (Å²) in [6.45, 7) is 53.3. The van der Waals surface area contributed by atoms with Crippen LogP contribution in [0, 0.1) is 88.8 Å². The van der Waals surface area contributed by atoms with Crippen LogP contribution in [-0.4, -0.2) is 70.5 Å². The Kier molecular flexibility index (Phi) is 49.9. The number of Topliss-reactive ketones (excluding diaryl/α,β-unsaturated/α-hetero) is 6. The monoisotopic (exact) mass is 1630 g/mol. The van der Waals surface area contributed by atoms with Gasteiger partial charge in [-0.3, -0.25) is 28.8 Å². The molecule has 656 valence electrons. The molecule has 8 rings (SSSR count). The number of ketones is 6. The van der Waals surface area contributed by atoms with Gasteiger partial charge < -0.3 is 20.4 Å². The summed E-state index contributed by atoms with van der Waals surface area (Å²) < 4.78 is 43.7. The van der Waals surface area contributed by atoms with E-state index in [4.69, 9.17) is 4.74 Å². The Bertz CT molecular complexity index is 4000. The molecule has 0 unspecified atom stereocenters. The summed E-state index contributed by atoms with van der Waals surface area (Å²) in [5.41, 5.74) is 6.04. The number of carbonyl (C=O) groups excluding carboxylic acids is 6. The fraction of sp³-hybridized carbons (Fsp3) is 0.581. The van der Waals surface area contributed by atoms with Gasteiger partial charge in [-0.15, -0.1) is 0 Å². The Morgan fingerprint density at radius 1 is 0.424 bits per heavy atom. The lowest BCUT2D eigenvalue weighted by Crippen LogP contribution is -2.44. The number of benzene rings is 6. The summed E-state index contributed by atoms with van der Waals surface area (Å²) in [5, 5.41) is 10.6. The minimum atomic E-state index is -4.34. The molecule has 7 aromatic rings. The SMILES string of the molecule is C.C=CCOc1ccc(C[C@H](CC(C)C)C(=O)C(C)C)cc1.CC(C)C[C@@H](Cc1c[nH]c2ccccc12)C(=O)C(C)C.CC(C)C[C@@H](Cc1cccc(C(F)(F)F)c1)C(=O)C(C)C.CC(C)C[C@@H](Cc1ccccc1)C(=O)C(C)C.CC(C)N[C@@H](CC1CCCCC1)C(=O)C(C)C.CC(C)N[C@@H](Cc1cccc2ccccc12)C(=O)C(C)C. The van der Waals surface area contributed by atoms with Gasteiger partial charge in [0.2, 0.25) is 0 Å². The Balaban J connectivity index is 0.000000480. The molecular weight excluding hydrogens is 1470 g/mol. The third-order valence-corrected chi connectivity index (χ3v) is 21.4. The highest BCUT2D eigenvalue weighted by molar-refractivity contribution is 5.90. The largest absolute Gasteiger partial charge is 0.490 e. The van der Waals surface area contributed by atoms with Gasteiger partial charge in [0, 0.05) is 88.4 Å². The molecule has 1 aliphatic rings. The smallest absolute Gasteiger partial charge is 0.416 e. The molecule has 1 heterocycles. The summed E-state index contributed by atoms with van der Waals surface area (Å²) in [7, 11) is 0. The predicted molar refractivity (Wildman–Crippen MR) is 494 cm³/mol. The highest BCUT2D eigenvalue weighted by Gasteiger charge is 2.33. The van der Waals surface area contributed by atoms with Crippen LogP contribution in [0.1, 0.15) is 271 Å². The van der Waals surface area contributed by atoms with Gasteiger partial charge in [-0.25, -0.2) is 0 Å². The fourth-order valence-electron chi connectivity index (χ4n) is 15.7. The second-order valence-corrected chi connectivity index (χ2v) is 37.1. The number of ether oxygens (including phenoxy) is 1. The van der Waals surface area contributed by atoms with E-state index in [1.54, 1.807) is 12.1 Å². The molecule has 118 heavy (non-hydrogen) atoms. The molecule has 3 N–H and O–H groups in total. The van der Waals surface area contributed by atoms with Gasteiger partial charge in [-0.1, -0.05) is 340 Å². The van der Waals surface area contributed by atoms with Crippen LogP contribution < -0.4 is 15.4 Å². The number of hydrogen-bond donors (Lipinski definition) is 3. The second kappa shape index (κ2) is 55.3. The van der Waals surface area contributed by atoms with Gasteiger partial charge in [0.15, 0.2) is 11.6 Å². The fourth-order valence-corrected chi connectivity index (χ4v) is 15.7. The summed E-state index contributed by atoms with van der Waals surface area (Å²) in [4.78, 5) is 77.2. The summed E-state index contributed by atoms with van der Waals surface area (Å²) in [5.74, 6) is 6.25. The van der Waals surface area contributed by atoms with E-state index in [0.717, 1.165) is 80.7 Å². The van der Waals surface area contributed by atoms with Gasteiger partial charge in [0.05, 0.1) is 17.6 Å². The average molecular weight is 1630 g/mol. The predicted octanol–water partition coefficient (Wildman–Crippen LogP) is 26.7. The third kappa shape index (κ3) is 40.6. The van der Waals surface area contributed by atoms with Crippen molar-refractivity contribution in [3.05, 3.63) is 198 Å². The molecule has 0 bridgehead atoms. The maximum absolute atomic E-state index is 12.7. The standard InChI is InChI=1S/C19H25NO.C19H28O2.C18H25NO.C17H23F3O.C16H24O.C15H29NO.CH4/c1-13(2)19(21)18(20-14(3)4)12-16-10-7-9-15-8-5-6-11-17(15)16;1-6-11-21-18-9-7-16(8-10-18)13-17(12-14(2)3)19(20)15(4)5;1-12(2)9-14(18(20)13(3)4)10-15-11-19-17-8-6-5-7-16(15)17;1-11(2)8-14(16(21)12(3)4)9-13-6-5-7-15(10-13)17(18,19)20;1-12(2)10-15(16(17)13(3)4)11-14-8-6-5-7-9-14;1-11(2)15(17)14(16-12(3)4)10-13-8-6-5-7-9-13;/h5-11,13-14,18,20H,12H2,1-4H3;6-10,14-15,17H,1,11-13H2,2-5H3;5-8,11-14,19H,9-10H2,1-4H3;5-7,10-12,14H,8-9H2,1-4H3;5-9,12-13,15H,10-11H2,1-4H3;11-14,16H,5-10H2,1-4H3;1H4/t18-;17-;2*14-;15-;14-;/m000000./s1. The normalized spacial score (nSPS) is 14.0.